The molecule has 0 aliphatic rings. The van der Waals surface area contributed by atoms with Crippen molar-refractivity contribution in [1.29, 1.82) is 0 Å². The van der Waals surface area contributed by atoms with Crippen LogP contribution >= 0.6 is 0 Å². The second-order valence-corrected chi connectivity index (χ2v) is 11.7. The smallest absolute Gasteiger partial charge is 0.216 e. The minimum Gasteiger partial charge on any atom is -0.497 e. The summed E-state index contributed by atoms with van der Waals surface area (Å²) < 4.78 is 5.43. The number of hydrogen-bond acceptors (Lipinski definition) is 6. The highest BCUT2D eigenvalue weighted by molar-refractivity contribution is 6.14. The van der Waals surface area contributed by atoms with Crippen LogP contribution < -0.4 is 10.1 Å². The van der Waals surface area contributed by atoms with Crippen LogP contribution in [-0.4, -0.2) is 48.2 Å². The van der Waals surface area contributed by atoms with E-state index in [0.29, 0.717) is 19.0 Å². The van der Waals surface area contributed by atoms with E-state index >= 15 is 0 Å². The lowest BCUT2D eigenvalue weighted by molar-refractivity contribution is -0.118. The van der Waals surface area contributed by atoms with Crippen molar-refractivity contribution >= 4 is 33.9 Å². The lowest BCUT2D eigenvalue weighted by Crippen LogP contribution is -2.22. The first-order valence-electron chi connectivity index (χ1n) is 15.4. The van der Waals surface area contributed by atoms with Crippen molar-refractivity contribution < 1.29 is 9.53 Å². The monoisotopic (exact) mass is 605 g/mol. The van der Waals surface area contributed by atoms with Crippen LogP contribution in [0.25, 0.3) is 10.9 Å². The molecule has 0 spiro atoms. The van der Waals surface area contributed by atoms with Crippen molar-refractivity contribution in [3.05, 3.63) is 106 Å². The molecule has 45 heavy (non-hydrogen) atoms. The van der Waals surface area contributed by atoms with Gasteiger partial charge in [0.2, 0.25) is 5.91 Å². The zero-order valence-corrected chi connectivity index (χ0v) is 28.2. The minimum atomic E-state index is 0.0135. The van der Waals surface area contributed by atoms with E-state index in [0.717, 1.165) is 56.9 Å². The van der Waals surface area contributed by atoms with Crippen LogP contribution in [0.15, 0.2) is 88.1 Å². The third-order valence-electron chi connectivity index (χ3n) is 7.38. The Labute approximate surface area is 268 Å². The number of aromatic nitrogens is 1. The molecule has 0 saturated carbocycles. The predicted octanol–water partition coefficient (Wildman–Crippen LogP) is 7.86. The first kappa shape index (κ1) is 34.8. The zero-order valence-electron chi connectivity index (χ0n) is 28.2. The second-order valence-electron chi connectivity index (χ2n) is 11.7. The van der Waals surface area contributed by atoms with Crippen molar-refractivity contribution in [1.82, 2.24) is 10.3 Å². The van der Waals surface area contributed by atoms with Gasteiger partial charge in [-0.2, -0.15) is 10.2 Å². The van der Waals surface area contributed by atoms with E-state index in [1.807, 2.05) is 39.1 Å². The highest BCUT2D eigenvalue weighted by Crippen LogP contribution is 2.22. The standard InChI is InChI=1S/C24H31N3O.C14H16N2O/c1-16(2)20(6)27-26-19(5)15-25-24(21-11-8-17(3)9-12-21)23-14-22(28-7)13-10-18(23)4;1-10-7-13-4-3-12(5-6-15-11(2)17)8-14(13)16-9-10/h8-14,16H,15H2,1-7H3;3-4,7-9H,5-6H2,1-2H3,(H,15,17)/b25-24?,26-19+,27-20-;. The Morgan fingerprint density at radius 2 is 1.62 bits per heavy atom. The van der Waals surface area contributed by atoms with Crippen LogP contribution in [0.1, 0.15) is 68.0 Å². The molecule has 1 heterocycles. The molecule has 0 radical (unpaired) electrons. The average molecular weight is 606 g/mol. The van der Waals surface area contributed by atoms with E-state index in [4.69, 9.17) is 9.73 Å². The molecule has 0 unspecified atom stereocenters. The molecule has 1 aromatic heterocycles. The summed E-state index contributed by atoms with van der Waals surface area (Å²) in [6.45, 7) is 17.1. The van der Waals surface area contributed by atoms with Crippen LogP contribution in [-0.2, 0) is 11.2 Å². The van der Waals surface area contributed by atoms with E-state index in [9.17, 15) is 4.79 Å². The number of methoxy groups -OCH3 is 1. The number of rotatable bonds is 10. The van der Waals surface area contributed by atoms with E-state index in [-0.39, 0.29) is 5.91 Å². The molecule has 1 N–H and O–H groups in total. The number of hydrogen-bond donors (Lipinski definition) is 1. The Balaban J connectivity index is 0.000000276. The van der Waals surface area contributed by atoms with Crippen molar-refractivity contribution in [2.75, 3.05) is 20.2 Å². The molecule has 7 nitrogen and oxygen atoms in total. The molecule has 0 fully saturated rings. The van der Waals surface area contributed by atoms with Crippen LogP contribution in [0, 0.1) is 26.7 Å². The van der Waals surface area contributed by atoms with Gasteiger partial charge in [0.05, 0.1) is 30.6 Å². The fourth-order valence-corrected chi connectivity index (χ4v) is 4.35. The predicted molar refractivity (Wildman–Crippen MR) is 189 cm³/mol. The third-order valence-corrected chi connectivity index (χ3v) is 7.38. The molecule has 0 aliphatic heterocycles. The lowest BCUT2D eigenvalue weighted by atomic mass is 9.97. The summed E-state index contributed by atoms with van der Waals surface area (Å²) in [6, 6.07) is 22.9. The molecule has 3 aromatic carbocycles. The maximum Gasteiger partial charge on any atom is 0.216 e. The average Bonchev–Trinajstić information content (AvgIpc) is 3.01. The summed E-state index contributed by atoms with van der Waals surface area (Å²) in [5, 5.41) is 12.6. The van der Waals surface area contributed by atoms with Crippen LogP contribution in [0.4, 0.5) is 0 Å². The Hall–Kier alpha value is -4.65. The second kappa shape index (κ2) is 17.0. The Morgan fingerprint density at radius 1 is 0.889 bits per heavy atom. The molecule has 0 aliphatic carbocycles. The quantitative estimate of drug-likeness (QED) is 0.147. The number of aryl methyl sites for hydroxylation is 3. The maximum atomic E-state index is 10.8. The van der Waals surface area contributed by atoms with Gasteiger partial charge in [0.25, 0.3) is 0 Å². The minimum absolute atomic E-state index is 0.0135. The van der Waals surface area contributed by atoms with E-state index < -0.39 is 0 Å². The van der Waals surface area contributed by atoms with Gasteiger partial charge in [0, 0.05) is 41.9 Å². The lowest BCUT2D eigenvalue weighted by Gasteiger charge is -2.13. The number of pyridine rings is 1. The number of carbonyl (C=O) groups excluding carboxylic acids is 1. The number of nitrogens with one attached hydrogen (secondary N) is 1. The summed E-state index contributed by atoms with van der Waals surface area (Å²) >= 11 is 0. The Morgan fingerprint density at radius 3 is 2.29 bits per heavy atom. The highest BCUT2D eigenvalue weighted by atomic mass is 16.5. The maximum absolute atomic E-state index is 10.8. The van der Waals surface area contributed by atoms with Crippen molar-refractivity contribution in [2.24, 2.45) is 21.1 Å². The van der Waals surface area contributed by atoms with Gasteiger partial charge in [-0.25, -0.2) is 0 Å². The molecule has 0 atom stereocenters. The number of ether oxygens (including phenoxy) is 1. The summed E-state index contributed by atoms with van der Waals surface area (Å²) in [5.74, 6) is 1.23. The normalized spacial score (nSPS) is 12.2. The molecule has 1 amide bonds. The van der Waals surface area contributed by atoms with E-state index in [2.05, 4.69) is 103 Å². The van der Waals surface area contributed by atoms with Gasteiger partial charge in [-0.15, -0.1) is 0 Å². The number of fused-ring (bicyclic) bond motifs is 1. The van der Waals surface area contributed by atoms with Crippen molar-refractivity contribution in [2.45, 2.75) is 61.8 Å². The Kier molecular flexibility index (Phi) is 13.2. The topological polar surface area (TPSA) is 88.3 Å². The molecule has 0 saturated heterocycles. The highest BCUT2D eigenvalue weighted by Gasteiger charge is 2.12. The van der Waals surface area contributed by atoms with Gasteiger partial charge in [0.1, 0.15) is 5.75 Å². The van der Waals surface area contributed by atoms with Gasteiger partial charge in [-0.3, -0.25) is 14.8 Å². The third kappa shape index (κ3) is 11.1. The molecule has 7 heteroatoms. The summed E-state index contributed by atoms with van der Waals surface area (Å²) in [5.41, 5.74) is 10.7. The van der Waals surface area contributed by atoms with Gasteiger partial charge in [0.15, 0.2) is 0 Å². The molecule has 4 aromatic rings. The summed E-state index contributed by atoms with van der Waals surface area (Å²) in [6.07, 6.45) is 2.71. The fourth-order valence-electron chi connectivity index (χ4n) is 4.35. The number of nitrogens with zero attached hydrogens (tertiary/aromatic N) is 4. The molecule has 4 rings (SSSR count). The van der Waals surface area contributed by atoms with Crippen LogP contribution in [0.5, 0.6) is 5.75 Å². The molecule has 236 valence electrons. The summed E-state index contributed by atoms with van der Waals surface area (Å²) in [4.78, 5) is 20.1. The SMILES string of the molecule is CC(=O)NCCc1ccc2cc(C)cnc2c1.COc1ccc(C)c(C(=NC/C(C)=N/N=C(/C)C(C)C)c2ccc(C)cc2)c1. The van der Waals surface area contributed by atoms with E-state index in [1.54, 1.807) is 7.11 Å². The van der Waals surface area contributed by atoms with Gasteiger partial charge in [-0.1, -0.05) is 61.9 Å². The first-order valence-corrected chi connectivity index (χ1v) is 15.4. The van der Waals surface area contributed by atoms with Gasteiger partial charge >= 0.3 is 0 Å². The first-order chi connectivity index (χ1) is 21.5. The fraction of sp³-hybridized carbons (Fsp3) is 0.342. The van der Waals surface area contributed by atoms with Gasteiger partial charge in [-0.05, 0) is 87.9 Å². The van der Waals surface area contributed by atoms with Crippen molar-refractivity contribution in [3.8, 4) is 5.75 Å². The molecular formula is C38H47N5O2. The zero-order chi connectivity index (χ0) is 32.9. The largest absolute Gasteiger partial charge is 0.497 e. The van der Waals surface area contributed by atoms with E-state index in [1.165, 1.54) is 23.6 Å². The number of amides is 1. The number of benzene rings is 3. The molecular weight excluding hydrogens is 558 g/mol. The molecule has 0 bridgehead atoms. The van der Waals surface area contributed by atoms with Gasteiger partial charge < -0.3 is 10.1 Å². The Bertz CT molecular complexity index is 1680. The number of carbonyl (C=O) groups is 1. The van der Waals surface area contributed by atoms with Crippen molar-refractivity contribution in [3.63, 3.8) is 0 Å². The van der Waals surface area contributed by atoms with Crippen LogP contribution in [0.3, 0.4) is 0 Å². The number of aliphatic imine (C=N–C) groups is 1. The summed E-state index contributed by atoms with van der Waals surface area (Å²) in [7, 11) is 1.68. The van der Waals surface area contributed by atoms with Crippen LogP contribution in [0.2, 0.25) is 0 Å².